The van der Waals surface area contributed by atoms with E-state index in [9.17, 15) is 14.0 Å². The summed E-state index contributed by atoms with van der Waals surface area (Å²) in [4.78, 5) is 31.7. The minimum atomic E-state index is -0.463. The second kappa shape index (κ2) is 9.50. The largest absolute Gasteiger partial charge is 0.334 e. The number of piperazine rings is 1. The number of carbonyl (C=O) groups excluding carboxylic acids is 2. The summed E-state index contributed by atoms with van der Waals surface area (Å²) in [6, 6.07) is 7.83. The summed E-state index contributed by atoms with van der Waals surface area (Å²) in [6.45, 7) is 10.0. The molecule has 0 spiro atoms. The van der Waals surface area contributed by atoms with Crippen LogP contribution in [0.15, 0.2) is 49.2 Å². The van der Waals surface area contributed by atoms with Crippen molar-refractivity contribution in [1.82, 2.24) is 24.3 Å². The first-order valence-electron chi connectivity index (χ1n) is 11.8. The number of amides is 2. The van der Waals surface area contributed by atoms with Gasteiger partial charge in [-0.05, 0) is 50.3 Å². The van der Waals surface area contributed by atoms with Crippen molar-refractivity contribution in [2.45, 2.75) is 32.0 Å². The standard InChI is InChI=1S/C26H26Cl2FN5O2/c1-4-23(35)33-14-22(16(33)3)32-10-9-31(13-15(32)2)26(36)25-24(19-12-18(29)5-6-20(19)28)21-11-17(27)7-8-34(21)30-25/h4-8,11-12,15-16,22H,1,9-10,13-14H2,2-3H3/t15-,16+,22+/m0/s1. The zero-order valence-electron chi connectivity index (χ0n) is 20.0. The molecule has 0 aliphatic carbocycles. The molecule has 0 radical (unpaired) electrons. The molecule has 3 aromatic rings. The van der Waals surface area contributed by atoms with Gasteiger partial charge in [0.1, 0.15) is 5.82 Å². The molecule has 188 valence electrons. The molecule has 0 unspecified atom stereocenters. The number of fused-ring (bicyclic) bond motifs is 1. The lowest BCUT2D eigenvalue weighted by Crippen LogP contribution is -2.70. The molecule has 1 aromatic carbocycles. The Balaban J connectivity index is 1.43. The summed E-state index contributed by atoms with van der Waals surface area (Å²) in [7, 11) is 0. The minimum absolute atomic E-state index is 0.0595. The molecular weight excluding hydrogens is 504 g/mol. The number of hydrogen-bond acceptors (Lipinski definition) is 4. The molecule has 0 saturated carbocycles. The number of halogens is 3. The summed E-state index contributed by atoms with van der Waals surface area (Å²) >= 11 is 12.7. The first-order chi connectivity index (χ1) is 17.2. The zero-order chi connectivity index (χ0) is 25.7. The van der Waals surface area contributed by atoms with Gasteiger partial charge in [0.15, 0.2) is 5.69 Å². The van der Waals surface area contributed by atoms with Gasteiger partial charge in [-0.25, -0.2) is 8.91 Å². The fourth-order valence-corrected chi connectivity index (χ4v) is 5.67. The highest BCUT2D eigenvalue weighted by Crippen LogP contribution is 2.36. The predicted molar refractivity (Wildman–Crippen MR) is 138 cm³/mol. The quantitative estimate of drug-likeness (QED) is 0.470. The van der Waals surface area contributed by atoms with Crippen LogP contribution in [0, 0.1) is 5.82 Å². The van der Waals surface area contributed by atoms with E-state index in [1.54, 1.807) is 32.6 Å². The topological polar surface area (TPSA) is 61.2 Å². The fourth-order valence-electron chi connectivity index (χ4n) is 5.30. The Labute approximate surface area is 218 Å². The zero-order valence-corrected chi connectivity index (χ0v) is 21.5. The number of rotatable bonds is 4. The summed E-state index contributed by atoms with van der Waals surface area (Å²) in [5.74, 6) is -0.771. The van der Waals surface area contributed by atoms with Crippen LogP contribution < -0.4 is 0 Å². The van der Waals surface area contributed by atoms with Crippen LogP contribution in [0.4, 0.5) is 4.39 Å². The summed E-state index contributed by atoms with van der Waals surface area (Å²) in [5.41, 5.74) is 1.61. The lowest BCUT2D eigenvalue weighted by molar-refractivity contribution is -0.141. The molecule has 5 rings (SSSR count). The number of aromatic nitrogens is 2. The van der Waals surface area contributed by atoms with Crippen molar-refractivity contribution in [3.63, 3.8) is 0 Å². The van der Waals surface area contributed by atoms with E-state index in [0.717, 1.165) is 0 Å². The van der Waals surface area contributed by atoms with Gasteiger partial charge in [0.05, 0.1) is 5.52 Å². The molecule has 2 saturated heterocycles. The van der Waals surface area contributed by atoms with E-state index in [1.165, 1.54) is 24.3 Å². The van der Waals surface area contributed by atoms with Crippen LogP contribution in [0.5, 0.6) is 0 Å². The molecule has 2 aliphatic heterocycles. The Hall–Kier alpha value is -2.94. The molecule has 4 heterocycles. The third kappa shape index (κ3) is 4.17. The maximum Gasteiger partial charge on any atom is 0.275 e. The molecule has 3 atom stereocenters. The van der Waals surface area contributed by atoms with Gasteiger partial charge in [-0.1, -0.05) is 29.8 Å². The number of pyridine rings is 1. The Morgan fingerprint density at radius 2 is 1.92 bits per heavy atom. The van der Waals surface area contributed by atoms with Gasteiger partial charge in [-0.3, -0.25) is 14.5 Å². The highest BCUT2D eigenvalue weighted by atomic mass is 35.5. The van der Waals surface area contributed by atoms with Crippen LogP contribution in [0.1, 0.15) is 24.3 Å². The van der Waals surface area contributed by atoms with Crippen LogP contribution >= 0.6 is 23.2 Å². The van der Waals surface area contributed by atoms with Crippen molar-refractivity contribution >= 4 is 40.5 Å². The summed E-state index contributed by atoms with van der Waals surface area (Å²) in [5, 5.41) is 5.34. The number of carbonyl (C=O) groups is 2. The van der Waals surface area contributed by atoms with Crippen molar-refractivity contribution in [2.75, 3.05) is 26.2 Å². The number of likely N-dealkylation sites (tertiary alicyclic amines) is 1. The van der Waals surface area contributed by atoms with Gasteiger partial charge in [0, 0.05) is 71.7 Å². The second-order valence-corrected chi connectivity index (χ2v) is 10.2. The molecule has 2 fully saturated rings. The van der Waals surface area contributed by atoms with Gasteiger partial charge in [0.25, 0.3) is 5.91 Å². The van der Waals surface area contributed by atoms with E-state index in [0.29, 0.717) is 52.9 Å². The highest BCUT2D eigenvalue weighted by molar-refractivity contribution is 6.34. The molecule has 36 heavy (non-hydrogen) atoms. The van der Waals surface area contributed by atoms with Crippen molar-refractivity contribution in [3.05, 3.63) is 70.7 Å². The maximum atomic E-state index is 14.2. The number of nitrogens with zero attached hydrogens (tertiary/aromatic N) is 5. The van der Waals surface area contributed by atoms with E-state index in [-0.39, 0.29) is 35.6 Å². The summed E-state index contributed by atoms with van der Waals surface area (Å²) < 4.78 is 15.8. The van der Waals surface area contributed by atoms with Gasteiger partial charge < -0.3 is 9.80 Å². The average molecular weight is 530 g/mol. The van der Waals surface area contributed by atoms with Gasteiger partial charge >= 0.3 is 0 Å². The van der Waals surface area contributed by atoms with Gasteiger partial charge in [-0.2, -0.15) is 5.10 Å². The van der Waals surface area contributed by atoms with Crippen molar-refractivity contribution < 1.29 is 14.0 Å². The smallest absolute Gasteiger partial charge is 0.275 e. The lowest BCUT2D eigenvalue weighted by Gasteiger charge is -2.54. The third-order valence-corrected chi connectivity index (χ3v) is 7.84. The van der Waals surface area contributed by atoms with Crippen LogP contribution in [0.3, 0.4) is 0 Å². The number of benzene rings is 1. The monoisotopic (exact) mass is 529 g/mol. The molecule has 0 bridgehead atoms. The second-order valence-electron chi connectivity index (χ2n) is 9.36. The van der Waals surface area contributed by atoms with Gasteiger partial charge in [-0.15, -0.1) is 0 Å². The maximum absolute atomic E-state index is 14.2. The van der Waals surface area contributed by atoms with Crippen molar-refractivity contribution in [3.8, 4) is 11.1 Å². The molecular formula is C26H26Cl2FN5O2. The Morgan fingerprint density at radius 3 is 2.61 bits per heavy atom. The highest BCUT2D eigenvalue weighted by Gasteiger charge is 2.44. The first kappa shape index (κ1) is 24.7. The molecule has 2 amide bonds. The Kier molecular flexibility index (Phi) is 6.53. The van der Waals surface area contributed by atoms with Crippen molar-refractivity contribution in [2.24, 2.45) is 0 Å². The SMILES string of the molecule is C=CC(=O)N1C[C@@H](N2CCN(C(=O)c3nn4ccc(Cl)cc4c3-c3cc(F)ccc3Cl)C[C@@H]2C)[C@H]1C. The molecule has 10 heteroatoms. The van der Waals surface area contributed by atoms with Crippen LogP contribution in [-0.4, -0.2) is 80.4 Å². The predicted octanol–water partition coefficient (Wildman–Crippen LogP) is 4.38. The first-order valence-corrected chi connectivity index (χ1v) is 12.6. The summed E-state index contributed by atoms with van der Waals surface area (Å²) in [6.07, 6.45) is 3.01. The normalized spacial score (nSPS) is 22.5. The lowest BCUT2D eigenvalue weighted by atomic mass is 9.93. The third-order valence-electron chi connectivity index (χ3n) is 7.28. The van der Waals surface area contributed by atoms with E-state index in [2.05, 4.69) is 23.5 Å². The average Bonchev–Trinajstić information content (AvgIpc) is 3.23. The Morgan fingerprint density at radius 1 is 1.14 bits per heavy atom. The van der Waals surface area contributed by atoms with E-state index >= 15 is 0 Å². The van der Waals surface area contributed by atoms with Crippen LogP contribution in [0.25, 0.3) is 16.6 Å². The fraction of sp³-hybridized carbons (Fsp3) is 0.346. The van der Waals surface area contributed by atoms with E-state index in [4.69, 9.17) is 23.2 Å². The Bertz CT molecular complexity index is 1380. The van der Waals surface area contributed by atoms with Crippen LogP contribution in [-0.2, 0) is 4.79 Å². The van der Waals surface area contributed by atoms with Gasteiger partial charge in [0.2, 0.25) is 5.91 Å². The molecule has 7 nitrogen and oxygen atoms in total. The van der Waals surface area contributed by atoms with E-state index in [1.807, 2.05) is 6.92 Å². The van der Waals surface area contributed by atoms with E-state index < -0.39 is 5.82 Å². The molecule has 2 aromatic heterocycles. The molecule has 0 N–H and O–H groups in total. The molecule has 2 aliphatic rings. The van der Waals surface area contributed by atoms with Crippen LogP contribution in [0.2, 0.25) is 10.0 Å². The minimum Gasteiger partial charge on any atom is -0.334 e. The van der Waals surface area contributed by atoms with Crippen molar-refractivity contribution in [1.29, 1.82) is 0 Å². The number of hydrogen-bond donors (Lipinski definition) is 0.